The molecule has 0 saturated heterocycles. The topological polar surface area (TPSA) is 38.7 Å². The summed E-state index contributed by atoms with van der Waals surface area (Å²) in [7, 11) is 0. The first-order chi connectivity index (χ1) is 5.45. The molecule has 0 radical (unpaired) electrons. The van der Waals surface area contributed by atoms with E-state index in [0.717, 1.165) is 12.8 Å². The first kappa shape index (κ1) is 11.9. The highest BCUT2D eigenvalue weighted by molar-refractivity contribution is 4.54. The van der Waals surface area contributed by atoms with Gasteiger partial charge in [0.25, 0.3) is 0 Å². The zero-order valence-electron chi connectivity index (χ0n) is 8.46. The highest BCUT2D eigenvalue weighted by Gasteiger charge is 2.14. The normalized spacial score (nSPS) is 14.8. The molecule has 0 aliphatic rings. The van der Waals surface area contributed by atoms with Crippen molar-refractivity contribution in [3.05, 3.63) is 0 Å². The molecule has 0 fully saturated rings. The molecule has 0 spiro atoms. The van der Waals surface area contributed by atoms with Crippen molar-refractivity contribution in [1.82, 2.24) is 0 Å². The molecule has 0 heterocycles. The van der Waals surface area contributed by atoms with Gasteiger partial charge in [-0.3, -0.25) is 0 Å². The molecule has 12 heavy (non-hydrogen) atoms. The van der Waals surface area contributed by atoms with Crippen LogP contribution in [-0.2, 0) is 9.78 Å². The van der Waals surface area contributed by atoms with Gasteiger partial charge in [-0.05, 0) is 27.2 Å². The molecule has 0 aromatic heterocycles. The van der Waals surface area contributed by atoms with Crippen molar-refractivity contribution in [2.75, 3.05) is 0 Å². The third kappa shape index (κ3) is 7.98. The van der Waals surface area contributed by atoms with Crippen LogP contribution in [0.15, 0.2) is 0 Å². The van der Waals surface area contributed by atoms with Gasteiger partial charge in [0.15, 0.2) is 6.29 Å². The SMILES string of the molecule is CCCCC(O)OOC(C)(C)C. The molecule has 3 nitrogen and oxygen atoms in total. The molecule has 3 heteroatoms. The second-order valence-corrected chi connectivity index (χ2v) is 3.89. The smallest absolute Gasteiger partial charge is 0.188 e. The van der Waals surface area contributed by atoms with Crippen LogP contribution < -0.4 is 0 Å². The Hall–Kier alpha value is -0.120. The van der Waals surface area contributed by atoms with Gasteiger partial charge in [0.05, 0.1) is 5.60 Å². The summed E-state index contributed by atoms with van der Waals surface area (Å²) in [6.45, 7) is 7.69. The summed E-state index contributed by atoms with van der Waals surface area (Å²) in [6, 6.07) is 0. The predicted octanol–water partition coefficient (Wildman–Crippen LogP) is 2.24. The van der Waals surface area contributed by atoms with E-state index in [2.05, 4.69) is 6.92 Å². The minimum Gasteiger partial charge on any atom is -0.366 e. The fourth-order valence-corrected chi connectivity index (χ4v) is 0.627. The molecule has 0 bridgehead atoms. The van der Waals surface area contributed by atoms with Crippen LogP contribution >= 0.6 is 0 Å². The summed E-state index contributed by atoms with van der Waals surface area (Å²) < 4.78 is 0. The Balaban J connectivity index is 3.37. The molecule has 1 N–H and O–H groups in total. The Morgan fingerprint density at radius 2 is 1.92 bits per heavy atom. The largest absolute Gasteiger partial charge is 0.366 e. The van der Waals surface area contributed by atoms with Crippen LogP contribution in [0.4, 0.5) is 0 Å². The van der Waals surface area contributed by atoms with Crippen LogP contribution in [-0.4, -0.2) is 17.0 Å². The molecular formula is C9H20O3. The number of hydrogen-bond donors (Lipinski definition) is 1. The van der Waals surface area contributed by atoms with Crippen LogP contribution in [0.5, 0.6) is 0 Å². The Labute approximate surface area is 74.6 Å². The van der Waals surface area contributed by atoms with E-state index in [1.807, 2.05) is 20.8 Å². The van der Waals surface area contributed by atoms with Crippen molar-refractivity contribution >= 4 is 0 Å². The fourth-order valence-electron chi connectivity index (χ4n) is 0.627. The molecule has 0 aromatic carbocycles. The zero-order valence-corrected chi connectivity index (χ0v) is 8.46. The monoisotopic (exact) mass is 176 g/mol. The molecule has 0 aliphatic heterocycles. The third-order valence-corrected chi connectivity index (χ3v) is 1.21. The Kier molecular flexibility index (Phi) is 5.46. The molecule has 74 valence electrons. The van der Waals surface area contributed by atoms with E-state index in [-0.39, 0.29) is 5.60 Å². The van der Waals surface area contributed by atoms with Gasteiger partial charge in [0.2, 0.25) is 0 Å². The maximum absolute atomic E-state index is 9.20. The average Bonchev–Trinajstić information content (AvgIpc) is 1.95. The standard InChI is InChI=1S/C9H20O3/c1-5-6-7-8(10)11-12-9(2,3)4/h8,10H,5-7H2,1-4H3. The van der Waals surface area contributed by atoms with Crippen LogP contribution in [0.1, 0.15) is 47.0 Å². The summed E-state index contributed by atoms with van der Waals surface area (Å²) in [5, 5.41) is 9.20. The molecule has 0 amide bonds. The number of unbranched alkanes of at least 4 members (excludes halogenated alkanes) is 1. The van der Waals surface area contributed by atoms with Gasteiger partial charge in [-0.1, -0.05) is 13.3 Å². The number of aliphatic hydroxyl groups is 1. The zero-order chi connectivity index (χ0) is 9.61. The lowest BCUT2D eigenvalue weighted by Crippen LogP contribution is -2.24. The molecule has 0 aliphatic carbocycles. The number of hydrogen-bond acceptors (Lipinski definition) is 3. The van der Waals surface area contributed by atoms with Gasteiger partial charge in [0, 0.05) is 6.42 Å². The van der Waals surface area contributed by atoms with Crippen LogP contribution in [0.25, 0.3) is 0 Å². The molecule has 0 aromatic rings. The summed E-state index contributed by atoms with van der Waals surface area (Å²) in [6.07, 6.45) is 1.85. The van der Waals surface area contributed by atoms with Gasteiger partial charge in [-0.25, -0.2) is 9.78 Å². The summed E-state index contributed by atoms with van der Waals surface area (Å²) in [5.41, 5.74) is -0.354. The highest BCUT2D eigenvalue weighted by atomic mass is 17.2. The van der Waals surface area contributed by atoms with Crippen molar-refractivity contribution in [3.8, 4) is 0 Å². The molecular weight excluding hydrogens is 156 g/mol. The van der Waals surface area contributed by atoms with Crippen LogP contribution in [0, 0.1) is 0 Å². The highest BCUT2D eigenvalue weighted by Crippen LogP contribution is 2.10. The quantitative estimate of drug-likeness (QED) is 0.396. The van der Waals surface area contributed by atoms with E-state index in [1.165, 1.54) is 0 Å². The Bertz CT molecular complexity index is 107. The third-order valence-electron chi connectivity index (χ3n) is 1.21. The van der Waals surface area contributed by atoms with Gasteiger partial charge in [-0.2, -0.15) is 0 Å². The second-order valence-electron chi connectivity index (χ2n) is 3.89. The van der Waals surface area contributed by atoms with Gasteiger partial charge in [-0.15, -0.1) is 0 Å². The lowest BCUT2D eigenvalue weighted by molar-refractivity contribution is -0.410. The lowest BCUT2D eigenvalue weighted by atomic mass is 10.2. The number of rotatable bonds is 5. The van der Waals surface area contributed by atoms with E-state index in [1.54, 1.807) is 0 Å². The van der Waals surface area contributed by atoms with Crippen molar-refractivity contribution in [1.29, 1.82) is 0 Å². The predicted molar refractivity (Wildman–Crippen MR) is 47.5 cm³/mol. The van der Waals surface area contributed by atoms with E-state index in [0.29, 0.717) is 6.42 Å². The van der Waals surface area contributed by atoms with E-state index in [4.69, 9.17) is 9.78 Å². The minimum atomic E-state index is -0.788. The summed E-state index contributed by atoms with van der Waals surface area (Å²) in [5.74, 6) is 0. The van der Waals surface area contributed by atoms with Gasteiger partial charge in [0.1, 0.15) is 0 Å². The van der Waals surface area contributed by atoms with E-state index >= 15 is 0 Å². The van der Waals surface area contributed by atoms with Crippen molar-refractivity contribution in [2.24, 2.45) is 0 Å². The van der Waals surface area contributed by atoms with Crippen molar-refractivity contribution < 1.29 is 14.9 Å². The molecule has 1 unspecified atom stereocenters. The minimum absolute atomic E-state index is 0.354. The first-order valence-electron chi connectivity index (χ1n) is 4.48. The second kappa shape index (κ2) is 5.51. The molecule has 0 saturated carbocycles. The molecule has 1 atom stereocenters. The fraction of sp³-hybridized carbons (Fsp3) is 1.00. The maximum Gasteiger partial charge on any atom is 0.188 e. The molecule has 0 rings (SSSR count). The Morgan fingerprint density at radius 1 is 1.33 bits per heavy atom. The number of aliphatic hydroxyl groups excluding tert-OH is 1. The Morgan fingerprint density at radius 3 is 2.33 bits per heavy atom. The van der Waals surface area contributed by atoms with Gasteiger partial charge >= 0.3 is 0 Å². The van der Waals surface area contributed by atoms with Crippen LogP contribution in [0.2, 0.25) is 0 Å². The average molecular weight is 176 g/mol. The van der Waals surface area contributed by atoms with Gasteiger partial charge < -0.3 is 5.11 Å². The summed E-state index contributed by atoms with van der Waals surface area (Å²) in [4.78, 5) is 9.70. The maximum atomic E-state index is 9.20. The summed E-state index contributed by atoms with van der Waals surface area (Å²) >= 11 is 0. The van der Waals surface area contributed by atoms with Crippen LogP contribution in [0.3, 0.4) is 0 Å². The first-order valence-corrected chi connectivity index (χ1v) is 4.48. The lowest BCUT2D eigenvalue weighted by Gasteiger charge is -2.20. The van der Waals surface area contributed by atoms with E-state index in [9.17, 15) is 5.11 Å². The van der Waals surface area contributed by atoms with Crippen molar-refractivity contribution in [2.45, 2.75) is 58.8 Å². The van der Waals surface area contributed by atoms with E-state index < -0.39 is 6.29 Å². The van der Waals surface area contributed by atoms with Crippen molar-refractivity contribution in [3.63, 3.8) is 0 Å².